The Morgan fingerprint density at radius 2 is 1.83 bits per heavy atom. The molecule has 3 rings (SSSR count). The summed E-state index contributed by atoms with van der Waals surface area (Å²) in [4.78, 5) is 25.5. The predicted octanol–water partition coefficient (Wildman–Crippen LogP) is 2.93. The van der Waals surface area contributed by atoms with Gasteiger partial charge in [0.15, 0.2) is 11.0 Å². The van der Waals surface area contributed by atoms with E-state index in [4.69, 9.17) is 5.73 Å². The summed E-state index contributed by atoms with van der Waals surface area (Å²) in [7, 11) is 1.85. The van der Waals surface area contributed by atoms with Gasteiger partial charge in [-0.25, -0.2) is 4.39 Å². The Hall–Kier alpha value is -3.20. The number of thioether (sulfide) groups is 1. The zero-order valence-electron chi connectivity index (χ0n) is 16.7. The van der Waals surface area contributed by atoms with Crippen molar-refractivity contribution in [1.82, 2.24) is 14.8 Å². The Morgan fingerprint density at radius 3 is 2.50 bits per heavy atom. The normalized spacial score (nSPS) is 10.8. The fourth-order valence-corrected chi connectivity index (χ4v) is 3.73. The van der Waals surface area contributed by atoms with Gasteiger partial charge in [-0.3, -0.25) is 9.59 Å². The maximum atomic E-state index is 13.3. The summed E-state index contributed by atoms with van der Waals surface area (Å²) in [6, 6.07) is 13.4. The van der Waals surface area contributed by atoms with Gasteiger partial charge in [-0.05, 0) is 36.8 Å². The molecule has 1 heterocycles. The first-order valence-corrected chi connectivity index (χ1v) is 10.3. The van der Waals surface area contributed by atoms with Gasteiger partial charge >= 0.3 is 0 Å². The first-order valence-electron chi connectivity index (χ1n) is 9.29. The topological polar surface area (TPSA) is 94.1 Å². The lowest BCUT2D eigenvalue weighted by Gasteiger charge is -2.22. The fourth-order valence-electron chi connectivity index (χ4n) is 2.94. The van der Waals surface area contributed by atoms with Gasteiger partial charge in [0.1, 0.15) is 5.82 Å². The summed E-state index contributed by atoms with van der Waals surface area (Å²) in [6.07, 6.45) is 0.00910. The molecule has 1 aromatic heterocycles. The smallest absolute Gasteiger partial charge is 0.237 e. The number of aryl methyl sites for hydroxylation is 1. The van der Waals surface area contributed by atoms with Crippen LogP contribution in [-0.4, -0.2) is 38.9 Å². The molecule has 2 amide bonds. The highest BCUT2D eigenvalue weighted by atomic mass is 32.2. The second-order valence-corrected chi connectivity index (χ2v) is 7.65. The Labute approximate surface area is 178 Å². The molecule has 0 saturated carbocycles. The molecule has 0 unspecified atom stereocenters. The molecule has 0 fully saturated rings. The van der Waals surface area contributed by atoms with E-state index in [2.05, 4.69) is 10.2 Å². The van der Waals surface area contributed by atoms with E-state index in [1.165, 1.54) is 40.9 Å². The Balaban J connectivity index is 1.74. The standard InChI is InChI=1S/C21H22FN5O2S/c1-14-5-3-4-6-17(14)20-24-25-21(26(20)2)30-13-19(29)27(12-11-18(23)28)16-9-7-15(22)8-10-16/h3-10H,11-13H2,1-2H3,(H2,23,28). The van der Waals surface area contributed by atoms with Crippen molar-refractivity contribution in [3.05, 3.63) is 59.9 Å². The highest BCUT2D eigenvalue weighted by Gasteiger charge is 2.19. The molecule has 0 saturated heterocycles. The summed E-state index contributed by atoms with van der Waals surface area (Å²) in [5, 5.41) is 9.06. The maximum Gasteiger partial charge on any atom is 0.237 e. The summed E-state index contributed by atoms with van der Waals surface area (Å²) in [6.45, 7) is 2.12. The number of benzene rings is 2. The van der Waals surface area contributed by atoms with Crippen LogP contribution in [0.5, 0.6) is 0 Å². The maximum absolute atomic E-state index is 13.3. The minimum atomic E-state index is -0.515. The average molecular weight is 428 g/mol. The van der Waals surface area contributed by atoms with Crippen LogP contribution in [0, 0.1) is 12.7 Å². The zero-order valence-corrected chi connectivity index (χ0v) is 17.5. The van der Waals surface area contributed by atoms with Gasteiger partial charge in [-0.15, -0.1) is 10.2 Å². The number of amides is 2. The first kappa shape index (κ1) is 21.5. The number of anilines is 1. The zero-order chi connectivity index (χ0) is 21.7. The lowest BCUT2D eigenvalue weighted by atomic mass is 10.1. The average Bonchev–Trinajstić information content (AvgIpc) is 3.08. The number of aromatic nitrogens is 3. The van der Waals surface area contributed by atoms with Crippen molar-refractivity contribution in [2.24, 2.45) is 12.8 Å². The van der Waals surface area contributed by atoms with E-state index in [9.17, 15) is 14.0 Å². The summed E-state index contributed by atoms with van der Waals surface area (Å²) in [5.41, 5.74) is 7.79. The number of primary amides is 1. The summed E-state index contributed by atoms with van der Waals surface area (Å²) in [5.74, 6) is -0.368. The van der Waals surface area contributed by atoms with E-state index < -0.39 is 11.7 Å². The second kappa shape index (κ2) is 9.53. The van der Waals surface area contributed by atoms with Gasteiger partial charge in [0, 0.05) is 31.3 Å². The molecule has 0 bridgehead atoms. The second-order valence-electron chi connectivity index (χ2n) is 6.71. The van der Waals surface area contributed by atoms with Crippen LogP contribution in [0.3, 0.4) is 0 Å². The number of hydrogen-bond acceptors (Lipinski definition) is 5. The molecule has 30 heavy (non-hydrogen) atoms. The minimum absolute atomic E-state index is 0.00910. The van der Waals surface area contributed by atoms with Crippen molar-refractivity contribution in [2.45, 2.75) is 18.5 Å². The fraction of sp³-hybridized carbons (Fsp3) is 0.238. The molecule has 0 spiro atoms. The van der Waals surface area contributed by atoms with Crippen molar-refractivity contribution in [2.75, 3.05) is 17.2 Å². The third-order valence-electron chi connectivity index (χ3n) is 4.57. The molecule has 9 heteroatoms. The van der Waals surface area contributed by atoms with Gasteiger partial charge in [0.25, 0.3) is 0 Å². The van der Waals surface area contributed by atoms with Gasteiger partial charge in [0.2, 0.25) is 11.8 Å². The third kappa shape index (κ3) is 5.04. The number of hydrogen-bond donors (Lipinski definition) is 1. The molecule has 2 aromatic carbocycles. The van der Waals surface area contributed by atoms with E-state index in [0.29, 0.717) is 16.7 Å². The third-order valence-corrected chi connectivity index (χ3v) is 5.57. The van der Waals surface area contributed by atoms with Crippen molar-refractivity contribution >= 4 is 29.3 Å². The molecule has 7 nitrogen and oxygen atoms in total. The molecule has 0 atom stereocenters. The van der Waals surface area contributed by atoms with Crippen LogP contribution in [0.2, 0.25) is 0 Å². The Morgan fingerprint density at radius 1 is 1.13 bits per heavy atom. The van der Waals surface area contributed by atoms with Crippen LogP contribution >= 0.6 is 11.8 Å². The molecule has 0 aliphatic heterocycles. The number of carbonyl (C=O) groups excluding carboxylic acids is 2. The van der Waals surface area contributed by atoms with Crippen molar-refractivity contribution in [1.29, 1.82) is 0 Å². The number of nitrogens with two attached hydrogens (primary N) is 1. The molecule has 2 N–H and O–H groups in total. The van der Waals surface area contributed by atoms with E-state index in [1.807, 2.05) is 42.8 Å². The number of nitrogens with zero attached hydrogens (tertiary/aromatic N) is 4. The molecular formula is C21H22FN5O2S. The van der Waals surface area contributed by atoms with Gasteiger partial charge < -0.3 is 15.2 Å². The monoisotopic (exact) mass is 427 g/mol. The lowest BCUT2D eigenvalue weighted by Crippen LogP contribution is -2.35. The van der Waals surface area contributed by atoms with Crippen LogP contribution in [0.4, 0.5) is 10.1 Å². The highest BCUT2D eigenvalue weighted by Crippen LogP contribution is 2.26. The van der Waals surface area contributed by atoms with Gasteiger partial charge in [-0.2, -0.15) is 0 Å². The predicted molar refractivity (Wildman–Crippen MR) is 114 cm³/mol. The molecule has 0 aliphatic carbocycles. The molecule has 156 valence electrons. The van der Waals surface area contributed by atoms with E-state index in [-0.39, 0.29) is 24.6 Å². The van der Waals surface area contributed by atoms with Crippen LogP contribution < -0.4 is 10.6 Å². The molecule has 0 radical (unpaired) electrons. The van der Waals surface area contributed by atoms with Crippen molar-refractivity contribution in [3.63, 3.8) is 0 Å². The van der Waals surface area contributed by atoms with Crippen molar-refractivity contribution in [3.8, 4) is 11.4 Å². The summed E-state index contributed by atoms with van der Waals surface area (Å²) < 4.78 is 15.1. The van der Waals surface area contributed by atoms with Crippen LogP contribution in [0.25, 0.3) is 11.4 Å². The number of carbonyl (C=O) groups is 2. The van der Waals surface area contributed by atoms with E-state index in [1.54, 1.807) is 0 Å². The first-order chi connectivity index (χ1) is 14.4. The molecular weight excluding hydrogens is 405 g/mol. The summed E-state index contributed by atoms with van der Waals surface area (Å²) >= 11 is 1.24. The molecule has 0 aliphatic rings. The number of halogens is 1. The lowest BCUT2D eigenvalue weighted by molar-refractivity contribution is -0.118. The van der Waals surface area contributed by atoms with Gasteiger partial charge in [0.05, 0.1) is 5.75 Å². The number of rotatable bonds is 8. The van der Waals surface area contributed by atoms with Crippen LogP contribution in [0.1, 0.15) is 12.0 Å². The van der Waals surface area contributed by atoms with Crippen LogP contribution in [0.15, 0.2) is 53.7 Å². The van der Waals surface area contributed by atoms with Gasteiger partial charge in [-0.1, -0.05) is 36.0 Å². The Bertz CT molecular complexity index is 1050. The quantitative estimate of drug-likeness (QED) is 0.558. The largest absolute Gasteiger partial charge is 0.370 e. The highest BCUT2D eigenvalue weighted by molar-refractivity contribution is 7.99. The van der Waals surface area contributed by atoms with E-state index in [0.717, 1.165) is 11.1 Å². The SMILES string of the molecule is Cc1ccccc1-c1nnc(SCC(=O)N(CCC(N)=O)c2ccc(F)cc2)n1C. The molecule has 3 aromatic rings. The minimum Gasteiger partial charge on any atom is -0.370 e. The van der Waals surface area contributed by atoms with E-state index >= 15 is 0 Å². The van der Waals surface area contributed by atoms with Crippen LogP contribution in [-0.2, 0) is 16.6 Å². The van der Waals surface area contributed by atoms with Crippen molar-refractivity contribution < 1.29 is 14.0 Å². The Kier molecular flexibility index (Phi) is 6.83.